The van der Waals surface area contributed by atoms with Gasteiger partial charge in [0, 0.05) is 36.6 Å². The van der Waals surface area contributed by atoms with Crippen LogP contribution < -0.4 is 16.0 Å². The molecule has 1 amide bonds. The number of anilines is 2. The van der Waals surface area contributed by atoms with Crippen LogP contribution in [0, 0.1) is 0 Å². The number of hydrogen-bond acceptors (Lipinski definition) is 5. The van der Waals surface area contributed by atoms with Gasteiger partial charge in [0.1, 0.15) is 0 Å². The van der Waals surface area contributed by atoms with Crippen molar-refractivity contribution >= 4 is 28.1 Å². The van der Waals surface area contributed by atoms with E-state index in [1.165, 1.54) is 10.4 Å². The van der Waals surface area contributed by atoms with E-state index >= 15 is 0 Å². The van der Waals surface area contributed by atoms with Gasteiger partial charge in [-0.1, -0.05) is 13.0 Å². The van der Waals surface area contributed by atoms with Crippen molar-refractivity contribution in [2.24, 2.45) is 5.73 Å². The quantitative estimate of drug-likeness (QED) is 0.874. The maximum Gasteiger partial charge on any atom is 0.223 e. The zero-order chi connectivity index (χ0) is 17.3. The van der Waals surface area contributed by atoms with Crippen LogP contribution in [0.15, 0.2) is 18.2 Å². The van der Waals surface area contributed by atoms with E-state index in [-0.39, 0.29) is 5.91 Å². The standard InChI is InChI=1S/C18H24N4OS/c1-11(6-8-19)17-16(21-18(20-3)24-17)14-4-5-15-13(10-14)7-9-22(15)12(2)23/h4-5,10-11H,6-9,19H2,1-3H3,(H,20,21). The van der Waals surface area contributed by atoms with Crippen LogP contribution in [0.3, 0.4) is 0 Å². The zero-order valence-corrected chi connectivity index (χ0v) is 15.2. The van der Waals surface area contributed by atoms with Crippen molar-refractivity contribution in [2.45, 2.75) is 32.6 Å². The molecule has 1 unspecified atom stereocenters. The van der Waals surface area contributed by atoms with Crippen LogP contribution >= 0.6 is 11.3 Å². The van der Waals surface area contributed by atoms with E-state index in [0.717, 1.165) is 41.5 Å². The highest BCUT2D eigenvalue weighted by Gasteiger charge is 2.24. The molecule has 0 radical (unpaired) electrons. The highest BCUT2D eigenvalue weighted by molar-refractivity contribution is 7.16. The largest absolute Gasteiger partial charge is 0.365 e. The minimum Gasteiger partial charge on any atom is -0.365 e. The molecule has 0 fully saturated rings. The van der Waals surface area contributed by atoms with Gasteiger partial charge < -0.3 is 16.0 Å². The molecular weight excluding hydrogens is 320 g/mol. The Labute approximate surface area is 146 Å². The number of carbonyl (C=O) groups is 1. The van der Waals surface area contributed by atoms with Gasteiger partial charge in [-0.15, -0.1) is 11.3 Å². The number of nitrogens with two attached hydrogens (primary N) is 1. The molecule has 1 atom stereocenters. The van der Waals surface area contributed by atoms with Crippen LogP contribution in [0.25, 0.3) is 11.3 Å². The van der Waals surface area contributed by atoms with E-state index < -0.39 is 0 Å². The lowest BCUT2D eigenvalue weighted by Gasteiger charge is -2.15. The maximum absolute atomic E-state index is 11.7. The van der Waals surface area contributed by atoms with Gasteiger partial charge in [-0.2, -0.15) is 0 Å². The number of thiazole rings is 1. The van der Waals surface area contributed by atoms with Gasteiger partial charge in [-0.25, -0.2) is 4.98 Å². The number of aromatic nitrogens is 1. The second-order valence-corrected chi connectivity index (χ2v) is 7.26. The molecule has 0 bridgehead atoms. The van der Waals surface area contributed by atoms with Gasteiger partial charge in [-0.05, 0) is 43.0 Å². The van der Waals surface area contributed by atoms with Gasteiger partial charge >= 0.3 is 0 Å². The zero-order valence-electron chi connectivity index (χ0n) is 14.4. The van der Waals surface area contributed by atoms with E-state index in [2.05, 4.69) is 30.4 Å². The van der Waals surface area contributed by atoms with E-state index in [4.69, 9.17) is 10.7 Å². The molecule has 128 valence electrons. The van der Waals surface area contributed by atoms with Crippen LogP contribution in [0.5, 0.6) is 0 Å². The molecule has 1 aliphatic heterocycles. The summed E-state index contributed by atoms with van der Waals surface area (Å²) in [4.78, 5) is 19.6. The average Bonchev–Trinajstić information content (AvgIpc) is 3.18. The molecule has 24 heavy (non-hydrogen) atoms. The molecule has 3 N–H and O–H groups in total. The van der Waals surface area contributed by atoms with Crippen molar-refractivity contribution < 1.29 is 4.79 Å². The summed E-state index contributed by atoms with van der Waals surface area (Å²) in [7, 11) is 1.90. The molecule has 2 aromatic rings. The fraction of sp³-hybridized carbons (Fsp3) is 0.444. The molecule has 5 nitrogen and oxygen atoms in total. The highest BCUT2D eigenvalue weighted by atomic mass is 32.1. The second kappa shape index (κ2) is 6.91. The van der Waals surface area contributed by atoms with Crippen molar-refractivity contribution in [3.8, 4) is 11.3 Å². The molecule has 1 aliphatic rings. The Morgan fingerprint density at radius 1 is 1.50 bits per heavy atom. The van der Waals surface area contributed by atoms with Crippen LogP contribution in [-0.4, -0.2) is 31.0 Å². The fourth-order valence-electron chi connectivity index (χ4n) is 3.24. The van der Waals surface area contributed by atoms with Crippen molar-refractivity contribution in [2.75, 3.05) is 30.4 Å². The summed E-state index contributed by atoms with van der Waals surface area (Å²) >= 11 is 1.70. The average molecular weight is 344 g/mol. The number of hydrogen-bond donors (Lipinski definition) is 2. The Morgan fingerprint density at radius 2 is 2.29 bits per heavy atom. The number of benzene rings is 1. The van der Waals surface area contributed by atoms with E-state index in [9.17, 15) is 4.79 Å². The summed E-state index contributed by atoms with van der Waals surface area (Å²) in [6.07, 6.45) is 1.85. The molecule has 0 spiro atoms. The van der Waals surface area contributed by atoms with Gasteiger partial charge in [0.25, 0.3) is 0 Å². The lowest BCUT2D eigenvalue weighted by molar-refractivity contribution is -0.116. The summed E-state index contributed by atoms with van der Waals surface area (Å²) in [5.74, 6) is 0.483. The third-order valence-electron chi connectivity index (χ3n) is 4.54. The summed E-state index contributed by atoms with van der Waals surface area (Å²) in [5, 5.41) is 4.08. The molecule has 1 aromatic heterocycles. The summed E-state index contributed by atoms with van der Waals surface area (Å²) in [5.41, 5.74) is 10.2. The van der Waals surface area contributed by atoms with Gasteiger partial charge in [-0.3, -0.25) is 4.79 Å². The first kappa shape index (κ1) is 16.9. The van der Waals surface area contributed by atoms with Crippen LogP contribution in [0.1, 0.15) is 36.6 Å². The summed E-state index contributed by atoms with van der Waals surface area (Å²) in [6, 6.07) is 6.31. The lowest BCUT2D eigenvalue weighted by atomic mass is 9.99. The number of carbonyl (C=O) groups excluding carboxylic acids is 1. The molecule has 0 saturated carbocycles. The summed E-state index contributed by atoms with van der Waals surface area (Å²) in [6.45, 7) is 5.26. The number of rotatable bonds is 5. The molecule has 3 rings (SSSR count). The Bertz CT molecular complexity index is 755. The van der Waals surface area contributed by atoms with Crippen molar-refractivity contribution in [3.05, 3.63) is 28.6 Å². The fourth-order valence-corrected chi connectivity index (χ4v) is 4.26. The Morgan fingerprint density at radius 3 is 2.96 bits per heavy atom. The Hall–Kier alpha value is -1.92. The topological polar surface area (TPSA) is 71.2 Å². The van der Waals surface area contributed by atoms with E-state index in [0.29, 0.717) is 12.5 Å². The number of fused-ring (bicyclic) bond motifs is 1. The minimum atomic E-state index is 0.102. The van der Waals surface area contributed by atoms with Crippen molar-refractivity contribution in [3.63, 3.8) is 0 Å². The number of amides is 1. The van der Waals surface area contributed by atoms with Crippen LogP contribution in [-0.2, 0) is 11.2 Å². The first-order valence-corrected chi connectivity index (χ1v) is 9.16. The minimum absolute atomic E-state index is 0.102. The molecular formula is C18H24N4OS. The lowest BCUT2D eigenvalue weighted by Crippen LogP contribution is -2.25. The first-order chi connectivity index (χ1) is 11.5. The molecule has 6 heteroatoms. The van der Waals surface area contributed by atoms with Crippen molar-refractivity contribution in [1.29, 1.82) is 0 Å². The van der Waals surface area contributed by atoms with Gasteiger partial charge in [0.05, 0.1) is 5.69 Å². The van der Waals surface area contributed by atoms with E-state index in [1.807, 2.05) is 11.9 Å². The SMILES string of the molecule is CNc1nc(-c2ccc3c(c2)CCN3C(C)=O)c(C(C)CCN)s1. The third kappa shape index (κ3) is 3.03. The molecule has 2 heterocycles. The molecule has 1 aromatic carbocycles. The number of nitrogens with zero attached hydrogens (tertiary/aromatic N) is 2. The van der Waals surface area contributed by atoms with Crippen molar-refractivity contribution in [1.82, 2.24) is 4.98 Å². The second-order valence-electron chi connectivity index (χ2n) is 6.22. The third-order valence-corrected chi connectivity index (χ3v) is 5.85. The Balaban J connectivity index is 2.01. The van der Waals surface area contributed by atoms with Crippen LogP contribution in [0.4, 0.5) is 10.8 Å². The number of nitrogens with one attached hydrogen (secondary N) is 1. The predicted molar refractivity (Wildman–Crippen MR) is 101 cm³/mol. The monoisotopic (exact) mass is 344 g/mol. The normalized spacial score (nSPS) is 14.6. The van der Waals surface area contributed by atoms with E-state index in [1.54, 1.807) is 18.3 Å². The molecule has 0 saturated heterocycles. The smallest absolute Gasteiger partial charge is 0.223 e. The van der Waals surface area contributed by atoms with Gasteiger partial charge in [0.15, 0.2) is 5.13 Å². The Kier molecular flexibility index (Phi) is 4.87. The predicted octanol–water partition coefficient (Wildman–Crippen LogP) is 3.21. The van der Waals surface area contributed by atoms with Gasteiger partial charge in [0.2, 0.25) is 5.91 Å². The maximum atomic E-state index is 11.7. The van der Waals surface area contributed by atoms with Crippen LogP contribution in [0.2, 0.25) is 0 Å². The first-order valence-electron chi connectivity index (χ1n) is 8.35. The molecule has 0 aliphatic carbocycles. The highest BCUT2D eigenvalue weighted by Crippen LogP contribution is 2.39. The summed E-state index contributed by atoms with van der Waals surface area (Å²) < 4.78 is 0.